The molecular weight excluding hydrogens is 316 g/mol. The lowest BCUT2D eigenvalue weighted by atomic mass is 10.2. The molecule has 0 aliphatic rings. The van der Waals surface area contributed by atoms with Gasteiger partial charge >= 0.3 is 12.1 Å². The Hall–Kier alpha value is -0.390. The Balaban J connectivity index is 3.64. The molecule has 0 rings (SSSR count). The van der Waals surface area contributed by atoms with E-state index in [1.165, 1.54) is 0 Å². The molecule has 0 aromatic rings. The first-order chi connectivity index (χ1) is 8.49. The summed E-state index contributed by atoms with van der Waals surface area (Å²) in [4.78, 5) is 22.5. The summed E-state index contributed by atoms with van der Waals surface area (Å²) in [6, 6.07) is 0. The number of alkyl halides is 3. The zero-order valence-corrected chi connectivity index (χ0v) is 13.4. The van der Waals surface area contributed by atoms with E-state index in [4.69, 9.17) is 44.3 Å². The Morgan fingerprint density at radius 2 is 1.74 bits per heavy atom. The number of esters is 1. The largest absolute Gasteiger partial charge is 0.461 e. The normalized spacial score (nSPS) is 11.9. The van der Waals surface area contributed by atoms with E-state index in [9.17, 15) is 9.59 Å². The summed E-state index contributed by atoms with van der Waals surface area (Å²) in [5.74, 6) is -0.489. The highest BCUT2D eigenvalue weighted by Gasteiger charge is 2.22. The van der Waals surface area contributed by atoms with Crippen molar-refractivity contribution >= 4 is 46.9 Å². The van der Waals surface area contributed by atoms with E-state index in [0.29, 0.717) is 13.0 Å². The molecule has 1 amide bonds. The third kappa shape index (κ3) is 13.8. The molecule has 0 saturated heterocycles. The summed E-state index contributed by atoms with van der Waals surface area (Å²) in [5, 5.41) is 2.52. The van der Waals surface area contributed by atoms with Gasteiger partial charge in [0.2, 0.25) is 3.79 Å². The molecular formula is C11H18Cl3NO4. The third-order valence-electron chi connectivity index (χ3n) is 1.62. The van der Waals surface area contributed by atoms with Crippen molar-refractivity contribution in [2.24, 2.45) is 0 Å². The molecule has 19 heavy (non-hydrogen) atoms. The molecule has 0 atom stereocenters. The minimum Gasteiger partial charge on any atom is -0.461 e. The number of ether oxygens (including phenoxy) is 2. The number of hydrogen-bond donors (Lipinski definition) is 1. The molecule has 0 radical (unpaired) electrons. The molecule has 5 nitrogen and oxygen atoms in total. The standard InChI is InChI=1S/C11H18Cl3NO4/c1-10(2,3)19-9(17)15-6-4-5-8(16)18-7-11(12,13)14/h4-7H2,1-3H3,(H,15,17). The van der Waals surface area contributed by atoms with Crippen LogP contribution in [0.5, 0.6) is 0 Å². The second kappa shape index (κ2) is 8.02. The number of hydrogen-bond acceptors (Lipinski definition) is 4. The van der Waals surface area contributed by atoms with Crippen molar-refractivity contribution in [2.45, 2.75) is 43.0 Å². The predicted molar refractivity (Wildman–Crippen MR) is 74.7 cm³/mol. The van der Waals surface area contributed by atoms with Crippen molar-refractivity contribution in [1.82, 2.24) is 5.32 Å². The number of rotatable bonds is 5. The summed E-state index contributed by atoms with van der Waals surface area (Å²) in [5.41, 5.74) is -0.548. The highest BCUT2D eigenvalue weighted by Crippen LogP contribution is 2.26. The van der Waals surface area contributed by atoms with Gasteiger partial charge in [-0.1, -0.05) is 34.8 Å². The van der Waals surface area contributed by atoms with Gasteiger partial charge in [-0.25, -0.2) is 4.79 Å². The molecule has 0 aromatic heterocycles. The first-order valence-corrected chi connectivity index (χ1v) is 6.82. The molecule has 0 aliphatic carbocycles. The van der Waals surface area contributed by atoms with Crippen LogP contribution in [0.25, 0.3) is 0 Å². The number of nitrogens with one attached hydrogen (secondary N) is 1. The Labute approximate surface area is 127 Å². The van der Waals surface area contributed by atoms with Crippen LogP contribution in [0.2, 0.25) is 0 Å². The number of carbonyl (C=O) groups excluding carboxylic acids is 2. The van der Waals surface area contributed by atoms with E-state index in [2.05, 4.69) is 5.32 Å². The van der Waals surface area contributed by atoms with Crippen LogP contribution in [-0.4, -0.2) is 34.6 Å². The quantitative estimate of drug-likeness (QED) is 0.476. The number of amides is 1. The molecule has 0 saturated carbocycles. The maximum atomic E-state index is 11.3. The van der Waals surface area contributed by atoms with E-state index in [0.717, 1.165) is 0 Å². The first-order valence-electron chi connectivity index (χ1n) is 5.69. The van der Waals surface area contributed by atoms with Crippen LogP contribution in [0.4, 0.5) is 4.79 Å². The van der Waals surface area contributed by atoms with Crippen molar-refractivity contribution in [1.29, 1.82) is 0 Å². The summed E-state index contributed by atoms with van der Waals surface area (Å²) in [7, 11) is 0. The number of alkyl carbamates (subject to hydrolysis) is 1. The molecule has 0 fully saturated rings. The van der Waals surface area contributed by atoms with Crippen molar-refractivity contribution in [3.05, 3.63) is 0 Å². The fourth-order valence-electron chi connectivity index (χ4n) is 0.972. The monoisotopic (exact) mass is 333 g/mol. The maximum Gasteiger partial charge on any atom is 0.407 e. The topological polar surface area (TPSA) is 64.6 Å². The van der Waals surface area contributed by atoms with Crippen LogP contribution in [0.1, 0.15) is 33.6 Å². The minimum absolute atomic E-state index is 0.122. The van der Waals surface area contributed by atoms with Crippen molar-refractivity contribution in [3.8, 4) is 0 Å². The van der Waals surface area contributed by atoms with E-state index in [1.807, 2.05) is 0 Å². The van der Waals surface area contributed by atoms with Crippen molar-refractivity contribution < 1.29 is 19.1 Å². The van der Waals surface area contributed by atoms with Gasteiger partial charge < -0.3 is 14.8 Å². The van der Waals surface area contributed by atoms with Crippen LogP contribution in [0.15, 0.2) is 0 Å². The molecule has 0 aliphatic heterocycles. The maximum absolute atomic E-state index is 11.3. The molecule has 112 valence electrons. The van der Waals surface area contributed by atoms with E-state index in [1.54, 1.807) is 20.8 Å². The van der Waals surface area contributed by atoms with Crippen LogP contribution >= 0.6 is 34.8 Å². The molecule has 0 bridgehead atoms. The second-order valence-corrected chi connectivity index (χ2v) is 7.32. The SMILES string of the molecule is CC(C)(C)OC(=O)NCCCC(=O)OCC(Cl)(Cl)Cl. The Kier molecular flexibility index (Phi) is 7.86. The smallest absolute Gasteiger partial charge is 0.407 e. The fourth-order valence-corrected chi connectivity index (χ4v) is 1.14. The lowest BCUT2D eigenvalue weighted by molar-refractivity contribution is -0.143. The Bertz CT molecular complexity index is 310. The van der Waals surface area contributed by atoms with E-state index < -0.39 is 21.5 Å². The molecule has 8 heteroatoms. The minimum atomic E-state index is -1.61. The zero-order chi connectivity index (χ0) is 15.1. The van der Waals surface area contributed by atoms with Gasteiger partial charge in [0.15, 0.2) is 0 Å². The van der Waals surface area contributed by atoms with Gasteiger partial charge in [-0.3, -0.25) is 4.79 Å². The zero-order valence-electron chi connectivity index (χ0n) is 11.1. The van der Waals surface area contributed by atoms with Gasteiger partial charge in [0.05, 0.1) is 0 Å². The Morgan fingerprint density at radius 1 is 1.16 bits per heavy atom. The average Bonchev–Trinajstić information content (AvgIpc) is 2.18. The highest BCUT2D eigenvalue weighted by atomic mass is 35.6. The lowest BCUT2D eigenvalue weighted by Gasteiger charge is -2.19. The van der Waals surface area contributed by atoms with Gasteiger partial charge in [-0.15, -0.1) is 0 Å². The molecule has 0 heterocycles. The highest BCUT2D eigenvalue weighted by molar-refractivity contribution is 6.67. The van der Waals surface area contributed by atoms with Gasteiger partial charge in [0.1, 0.15) is 12.2 Å². The van der Waals surface area contributed by atoms with Crippen LogP contribution in [0.3, 0.4) is 0 Å². The van der Waals surface area contributed by atoms with Gasteiger partial charge in [0, 0.05) is 13.0 Å². The lowest BCUT2D eigenvalue weighted by Crippen LogP contribution is -2.33. The molecule has 0 aromatic carbocycles. The van der Waals surface area contributed by atoms with Crippen LogP contribution in [0, 0.1) is 0 Å². The summed E-state index contributed by atoms with van der Waals surface area (Å²) in [6.45, 7) is 5.30. The third-order valence-corrected chi connectivity index (χ3v) is 1.95. The van der Waals surface area contributed by atoms with Gasteiger partial charge in [-0.2, -0.15) is 0 Å². The van der Waals surface area contributed by atoms with Gasteiger partial charge in [-0.05, 0) is 27.2 Å². The Morgan fingerprint density at radius 3 is 2.21 bits per heavy atom. The van der Waals surface area contributed by atoms with Crippen LogP contribution < -0.4 is 5.32 Å². The fraction of sp³-hybridized carbons (Fsp3) is 0.818. The van der Waals surface area contributed by atoms with E-state index in [-0.39, 0.29) is 13.0 Å². The number of carbonyl (C=O) groups is 2. The predicted octanol–water partition coefficient (Wildman–Crippen LogP) is 3.20. The summed E-state index contributed by atoms with van der Waals surface area (Å²) >= 11 is 16.3. The van der Waals surface area contributed by atoms with Crippen molar-refractivity contribution in [2.75, 3.05) is 13.2 Å². The summed E-state index contributed by atoms with van der Waals surface area (Å²) < 4.78 is 8.13. The summed E-state index contributed by atoms with van der Waals surface area (Å²) in [6.07, 6.45) is 0.0104. The number of halogens is 3. The van der Waals surface area contributed by atoms with Crippen molar-refractivity contribution in [3.63, 3.8) is 0 Å². The molecule has 1 N–H and O–H groups in total. The van der Waals surface area contributed by atoms with Gasteiger partial charge in [0.25, 0.3) is 0 Å². The first kappa shape index (κ1) is 18.6. The van der Waals surface area contributed by atoms with Crippen LogP contribution in [-0.2, 0) is 14.3 Å². The van der Waals surface area contributed by atoms with E-state index >= 15 is 0 Å². The second-order valence-electron chi connectivity index (χ2n) is 4.81. The average molecular weight is 335 g/mol. The molecule has 0 spiro atoms. The molecule has 0 unspecified atom stereocenters.